The lowest BCUT2D eigenvalue weighted by molar-refractivity contribution is 0.103. The molecule has 4 heteroatoms. The molecule has 1 aromatic carbocycles. The maximum atomic E-state index is 10.0. The van der Waals surface area contributed by atoms with Crippen LogP contribution < -0.4 is 10.1 Å². The number of hydrogen-bond acceptors (Lipinski definition) is 3. The second-order valence-electron chi connectivity index (χ2n) is 6.91. The van der Waals surface area contributed by atoms with E-state index in [1.165, 1.54) is 24.8 Å². The average molecular weight is 356 g/mol. The van der Waals surface area contributed by atoms with Crippen molar-refractivity contribution in [1.29, 1.82) is 0 Å². The maximum absolute atomic E-state index is 10.0. The van der Waals surface area contributed by atoms with Crippen LogP contribution in [0, 0.1) is 12.3 Å². The molecular weight excluding hydrogens is 330 g/mol. The molecule has 2 unspecified atom stereocenters. The number of halogens is 1. The maximum Gasteiger partial charge on any atom is 0.133 e. The van der Waals surface area contributed by atoms with Gasteiger partial charge in [-0.2, -0.15) is 0 Å². The summed E-state index contributed by atoms with van der Waals surface area (Å²) in [4.78, 5) is 0. The largest absolute Gasteiger partial charge is 0.490 e. The predicted molar refractivity (Wildman–Crippen MR) is 89.8 cm³/mol. The van der Waals surface area contributed by atoms with E-state index >= 15 is 0 Å². The van der Waals surface area contributed by atoms with Gasteiger partial charge < -0.3 is 15.2 Å². The first kappa shape index (κ1) is 16.8. The second-order valence-corrected chi connectivity index (χ2v) is 7.77. The number of rotatable bonds is 6. The smallest absolute Gasteiger partial charge is 0.133 e. The van der Waals surface area contributed by atoms with Crippen LogP contribution >= 0.6 is 15.9 Å². The van der Waals surface area contributed by atoms with E-state index in [0.717, 1.165) is 10.2 Å². The van der Waals surface area contributed by atoms with Gasteiger partial charge in [-0.1, -0.05) is 19.9 Å². The summed E-state index contributed by atoms with van der Waals surface area (Å²) >= 11 is 3.48. The Hall–Kier alpha value is -0.580. The molecule has 2 atom stereocenters. The van der Waals surface area contributed by atoms with Gasteiger partial charge in [0, 0.05) is 12.6 Å². The minimum atomic E-state index is -0.484. The Bertz CT molecular complexity index is 476. The normalized spacial score (nSPS) is 22.2. The molecule has 118 valence electrons. The van der Waals surface area contributed by atoms with Gasteiger partial charge in [0.1, 0.15) is 18.5 Å². The van der Waals surface area contributed by atoms with Gasteiger partial charge in [0.25, 0.3) is 0 Å². The van der Waals surface area contributed by atoms with Crippen LogP contribution in [-0.2, 0) is 0 Å². The number of aliphatic hydroxyl groups is 1. The van der Waals surface area contributed by atoms with Crippen LogP contribution in [-0.4, -0.2) is 30.4 Å². The Morgan fingerprint density at radius 1 is 1.48 bits per heavy atom. The molecule has 1 aliphatic carbocycles. The van der Waals surface area contributed by atoms with E-state index in [4.69, 9.17) is 4.74 Å². The zero-order valence-corrected chi connectivity index (χ0v) is 14.7. The highest BCUT2D eigenvalue weighted by atomic mass is 79.9. The van der Waals surface area contributed by atoms with Gasteiger partial charge in [0.15, 0.2) is 0 Å². The number of hydrogen-bond donors (Lipinski definition) is 2. The fourth-order valence-corrected chi connectivity index (χ4v) is 3.49. The Morgan fingerprint density at radius 3 is 2.86 bits per heavy atom. The number of aliphatic hydroxyl groups excluding tert-OH is 1. The molecule has 1 saturated carbocycles. The van der Waals surface area contributed by atoms with Crippen molar-refractivity contribution in [3.05, 3.63) is 28.2 Å². The van der Waals surface area contributed by atoms with E-state index in [2.05, 4.69) is 35.1 Å². The van der Waals surface area contributed by atoms with E-state index in [1.54, 1.807) is 0 Å². The number of nitrogens with one attached hydrogen (secondary N) is 1. The zero-order valence-electron chi connectivity index (χ0n) is 13.2. The first-order valence-corrected chi connectivity index (χ1v) is 8.45. The third-order valence-electron chi connectivity index (χ3n) is 4.13. The first-order chi connectivity index (χ1) is 9.85. The standard InChI is InChI=1S/C17H26BrNO2/c1-12-4-5-16(15(18)8-12)21-11-14(20)10-19-13-6-7-17(2,3)9-13/h4-5,8,13-14,19-20H,6-7,9-11H2,1-3H3. The van der Waals surface area contributed by atoms with Gasteiger partial charge >= 0.3 is 0 Å². The molecule has 21 heavy (non-hydrogen) atoms. The lowest BCUT2D eigenvalue weighted by atomic mass is 9.92. The molecule has 0 heterocycles. The van der Waals surface area contributed by atoms with Gasteiger partial charge in [-0.3, -0.25) is 0 Å². The topological polar surface area (TPSA) is 41.5 Å². The average Bonchev–Trinajstić information content (AvgIpc) is 2.75. The van der Waals surface area contributed by atoms with Crippen molar-refractivity contribution in [2.24, 2.45) is 5.41 Å². The van der Waals surface area contributed by atoms with Crippen LogP contribution in [0.2, 0.25) is 0 Å². The Balaban J connectivity index is 1.71. The molecule has 0 saturated heterocycles. The minimum Gasteiger partial charge on any atom is -0.490 e. The molecule has 1 aliphatic rings. The third-order valence-corrected chi connectivity index (χ3v) is 4.75. The summed E-state index contributed by atoms with van der Waals surface area (Å²) in [5.74, 6) is 0.779. The second kappa shape index (κ2) is 7.12. The van der Waals surface area contributed by atoms with Crippen molar-refractivity contribution in [3.8, 4) is 5.75 Å². The summed E-state index contributed by atoms with van der Waals surface area (Å²) < 4.78 is 6.60. The lowest BCUT2D eigenvalue weighted by Gasteiger charge is -2.20. The monoisotopic (exact) mass is 355 g/mol. The molecule has 0 aromatic heterocycles. The quantitative estimate of drug-likeness (QED) is 0.817. The SMILES string of the molecule is Cc1ccc(OCC(O)CNC2CCC(C)(C)C2)c(Br)c1. The highest BCUT2D eigenvalue weighted by molar-refractivity contribution is 9.10. The van der Waals surface area contributed by atoms with Crippen LogP contribution in [0.3, 0.4) is 0 Å². The summed E-state index contributed by atoms with van der Waals surface area (Å²) in [5.41, 5.74) is 1.62. The first-order valence-electron chi connectivity index (χ1n) is 7.66. The van der Waals surface area contributed by atoms with Crippen LogP contribution in [0.1, 0.15) is 38.7 Å². The fraction of sp³-hybridized carbons (Fsp3) is 0.647. The van der Waals surface area contributed by atoms with Gasteiger partial charge in [0.2, 0.25) is 0 Å². The molecule has 2 N–H and O–H groups in total. The Kier molecular flexibility index (Phi) is 5.69. The number of benzene rings is 1. The lowest BCUT2D eigenvalue weighted by Crippen LogP contribution is -2.37. The van der Waals surface area contributed by atoms with Crippen molar-refractivity contribution in [3.63, 3.8) is 0 Å². The zero-order chi connectivity index (χ0) is 15.5. The Morgan fingerprint density at radius 2 is 2.24 bits per heavy atom. The number of aryl methyl sites for hydroxylation is 1. The van der Waals surface area contributed by atoms with E-state index in [1.807, 2.05) is 25.1 Å². The summed E-state index contributed by atoms with van der Waals surface area (Å²) in [6.07, 6.45) is 3.16. The van der Waals surface area contributed by atoms with Crippen LogP contribution in [0.25, 0.3) is 0 Å². The van der Waals surface area contributed by atoms with Gasteiger partial charge in [0.05, 0.1) is 4.47 Å². The molecule has 3 nitrogen and oxygen atoms in total. The minimum absolute atomic E-state index is 0.310. The van der Waals surface area contributed by atoms with Gasteiger partial charge in [-0.15, -0.1) is 0 Å². The van der Waals surface area contributed by atoms with Crippen LogP contribution in [0.5, 0.6) is 5.75 Å². The molecule has 1 fully saturated rings. The summed E-state index contributed by atoms with van der Waals surface area (Å²) in [5, 5.41) is 13.5. The molecular formula is C17H26BrNO2. The highest BCUT2D eigenvalue weighted by Gasteiger charge is 2.30. The van der Waals surface area contributed by atoms with E-state index in [0.29, 0.717) is 24.6 Å². The highest BCUT2D eigenvalue weighted by Crippen LogP contribution is 2.36. The Labute approximate surface area is 136 Å². The molecule has 1 aromatic rings. The van der Waals surface area contributed by atoms with E-state index in [-0.39, 0.29) is 0 Å². The van der Waals surface area contributed by atoms with Crippen molar-refractivity contribution < 1.29 is 9.84 Å². The molecule has 0 spiro atoms. The molecule has 0 radical (unpaired) electrons. The van der Waals surface area contributed by atoms with Gasteiger partial charge in [-0.05, 0) is 65.2 Å². The summed E-state index contributed by atoms with van der Waals surface area (Å²) in [7, 11) is 0. The van der Waals surface area contributed by atoms with Crippen molar-refractivity contribution in [2.75, 3.05) is 13.2 Å². The van der Waals surface area contributed by atoms with Crippen LogP contribution in [0.4, 0.5) is 0 Å². The van der Waals surface area contributed by atoms with Crippen molar-refractivity contribution in [1.82, 2.24) is 5.32 Å². The molecule has 0 bridgehead atoms. The van der Waals surface area contributed by atoms with Crippen molar-refractivity contribution in [2.45, 2.75) is 52.2 Å². The number of ether oxygens (including phenoxy) is 1. The summed E-state index contributed by atoms with van der Waals surface area (Å²) in [6.45, 7) is 7.55. The third kappa shape index (κ3) is 5.28. The molecule has 2 rings (SSSR count). The summed E-state index contributed by atoms with van der Waals surface area (Å²) in [6, 6.07) is 6.48. The molecule has 0 aliphatic heterocycles. The van der Waals surface area contributed by atoms with E-state index in [9.17, 15) is 5.11 Å². The van der Waals surface area contributed by atoms with Crippen LogP contribution in [0.15, 0.2) is 22.7 Å². The molecule has 0 amide bonds. The fourth-order valence-electron chi connectivity index (χ4n) is 2.88. The van der Waals surface area contributed by atoms with Crippen molar-refractivity contribution >= 4 is 15.9 Å². The van der Waals surface area contributed by atoms with Gasteiger partial charge in [-0.25, -0.2) is 0 Å². The predicted octanol–water partition coefficient (Wildman–Crippen LogP) is 3.67. The van der Waals surface area contributed by atoms with E-state index < -0.39 is 6.10 Å².